The fraction of sp³-hybridized carbons (Fsp3) is 0.360. The van der Waals surface area contributed by atoms with E-state index in [0.717, 1.165) is 17.8 Å². The molecule has 1 aliphatic heterocycles. The number of Topliss-reactive ketones (excluding diaryl/α,β-unsaturated/α-hetero) is 1. The van der Waals surface area contributed by atoms with Crippen LogP contribution in [0.25, 0.3) is 0 Å². The first-order chi connectivity index (χ1) is 14.4. The first-order valence-corrected chi connectivity index (χ1v) is 10.2. The predicted octanol–water partition coefficient (Wildman–Crippen LogP) is 4.70. The van der Waals surface area contributed by atoms with Crippen LogP contribution in [0.2, 0.25) is 0 Å². The summed E-state index contributed by atoms with van der Waals surface area (Å²) >= 11 is 0. The quantitative estimate of drug-likeness (QED) is 0.378. The second kappa shape index (κ2) is 9.26. The number of nitrogens with zero attached hydrogens (tertiary/aromatic N) is 1. The molecule has 30 heavy (non-hydrogen) atoms. The highest BCUT2D eigenvalue weighted by molar-refractivity contribution is 6.13. The summed E-state index contributed by atoms with van der Waals surface area (Å²) in [6.45, 7) is 7.94. The predicted molar refractivity (Wildman–Crippen MR) is 118 cm³/mol. The Hall–Kier alpha value is -2.92. The number of carbonyl (C=O) groups excluding carboxylic acids is 2. The smallest absolute Gasteiger partial charge is 0.322 e. The van der Waals surface area contributed by atoms with E-state index >= 15 is 0 Å². The van der Waals surface area contributed by atoms with Crippen LogP contribution in [0.1, 0.15) is 26.7 Å². The van der Waals surface area contributed by atoms with Gasteiger partial charge in [0.25, 0.3) is 0 Å². The summed E-state index contributed by atoms with van der Waals surface area (Å²) in [5, 5.41) is 0. The molecule has 0 radical (unpaired) electrons. The molecule has 0 amide bonds. The van der Waals surface area contributed by atoms with Crippen molar-refractivity contribution in [3.63, 3.8) is 0 Å². The van der Waals surface area contributed by atoms with E-state index < -0.39 is 23.6 Å². The van der Waals surface area contributed by atoms with Crippen LogP contribution in [-0.2, 0) is 19.1 Å². The van der Waals surface area contributed by atoms with Crippen LogP contribution in [0.5, 0.6) is 0 Å². The second-order valence-electron chi connectivity index (χ2n) is 7.78. The van der Waals surface area contributed by atoms with E-state index in [-0.39, 0.29) is 5.78 Å². The Morgan fingerprint density at radius 1 is 1.10 bits per heavy atom. The van der Waals surface area contributed by atoms with E-state index in [1.165, 1.54) is 7.11 Å². The maximum absolute atomic E-state index is 12.9. The third-order valence-corrected chi connectivity index (χ3v) is 5.86. The average Bonchev–Trinajstić information content (AvgIpc) is 2.79. The van der Waals surface area contributed by atoms with Gasteiger partial charge in [-0.2, -0.15) is 0 Å². The molecule has 158 valence electrons. The highest BCUT2D eigenvalue weighted by atomic mass is 16.5. The number of hydrogen-bond donors (Lipinski definition) is 0. The lowest BCUT2D eigenvalue weighted by Gasteiger charge is -2.41. The van der Waals surface area contributed by atoms with Gasteiger partial charge in [0, 0.05) is 23.5 Å². The molecule has 0 N–H and O–H groups in total. The van der Waals surface area contributed by atoms with E-state index in [4.69, 9.17) is 9.47 Å². The minimum atomic E-state index is -1.37. The zero-order valence-electron chi connectivity index (χ0n) is 17.8. The molecule has 1 saturated heterocycles. The zero-order chi connectivity index (χ0) is 21.7. The molecule has 0 spiro atoms. The molecule has 1 heterocycles. The Labute approximate surface area is 178 Å². The summed E-state index contributed by atoms with van der Waals surface area (Å²) < 4.78 is 11.0. The van der Waals surface area contributed by atoms with Gasteiger partial charge in [-0.1, -0.05) is 43.0 Å². The van der Waals surface area contributed by atoms with Gasteiger partial charge in [0.2, 0.25) is 0 Å². The molecule has 0 aromatic heterocycles. The van der Waals surface area contributed by atoms with E-state index in [0.29, 0.717) is 18.5 Å². The number of carbonyl (C=O) groups is 2. The van der Waals surface area contributed by atoms with E-state index in [1.54, 1.807) is 13.8 Å². The molecule has 2 aromatic rings. The summed E-state index contributed by atoms with van der Waals surface area (Å²) in [4.78, 5) is 27.7. The monoisotopic (exact) mass is 407 g/mol. The number of anilines is 2. The van der Waals surface area contributed by atoms with Gasteiger partial charge in [-0.25, -0.2) is 0 Å². The largest absolute Gasteiger partial charge is 0.468 e. The lowest BCUT2D eigenvalue weighted by molar-refractivity contribution is -0.175. The molecule has 0 aliphatic carbocycles. The molecule has 3 atom stereocenters. The van der Waals surface area contributed by atoms with E-state index in [1.807, 2.05) is 36.4 Å². The zero-order valence-corrected chi connectivity index (χ0v) is 17.8. The molecule has 5 heteroatoms. The van der Waals surface area contributed by atoms with Crippen LogP contribution in [-0.4, -0.2) is 37.6 Å². The average molecular weight is 408 g/mol. The molecule has 2 aromatic carbocycles. The minimum Gasteiger partial charge on any atom is -0.468 e. The van der Waals surface area contributed by atoms with Crippen molar-refractivity contribution in [2.45, 2.75) is 38.9 Å². The number of esters is 1. The third kappa shape index (κ3) is 4.17. The number of ether oxygens (including phenoxy) is 2. The van der Waals surface area contributed by atoms with Crippen molar-refractivity contribution in [1.82, 2.24) is 0 Å². The number of hydrogen-bond acceptors (Lipinski definition) is 5. The maximum atomic E-state index is 12.9. The van der Waals surface area contributed by atoms with Gasteiger partial charge in [-0.3, -0.25) is 9.59 Å². The van der Waals surface area contributed by atoms with Crippen LogP contribution in [0.15, 0.2) is 72.8 Å². The summed E-state index contributed by atoms with van der Waals surface area (Å²) in [6.07, 6.45) is 0.296. The van der Waals surface area contributed by atoms with Crippen LogP contribution < -0.4 is 4.90 Å². The van der Waals surface area contributed by atoms with Gasteiger partial charge in [-0.15, -0.1) is 0 Å². The van der Waals surface area contributed by atoms with Gasteiger partial charge in [0.1, 0.15) is 0 Å². The fourth-order valence-corrected chi connectivity index (χ4v) is 3.98. The van der Waals surface area contributed by atoms with Crippen molar-refractivity contribution < 1.29 is 19.1 Å². The summed E-state index contributed by atoms with van der Waals surface area (Å²) in [5.41, 5.74) is 1.11. The lowest BCUT2D eigenvalue weighted by Crippen LogP contribution is -2.55. The molecule has 3 rings (SSSR count). The standard InChI is InChI=1S/C25H29NO4/c1-18-19(2)30-22(25(3,23(18)27)24(28)29-4)16-11-17-26(20-12-7-5-8-13-20)21-14-9-6-10-15-21/h5-10,12-15,19,22H,1,11,16-17H2,2-4H3/t19-,22+,25+/m0/s1. The maximum Gasteiger partial charge on any atom is 0.322 e. The summed E-state index contributed by atoms with van der Waals surface area (Å²) in [7, 11) is 1.30. The molecular formula is C25H29NO4. The van der Waals surface area contributed by atoms with Crippen molar-refractivity contribution in [3.8, 4) is 0 Å². The fourth-order valence-electron chi connectivity index (χ4n) is 3.98. The number of rotatable bonds is 7. The SMILES string of the molecule is C=C1C(=O)[C@](C)(C(=O)OC)[C@@H](CCCN(c2ccccc2)c2ccccc2)O[C@H]1C. The number of para-hydroxylation sites is 2. The van der Waals surface area contributed by atoms with Gasteiger partial charge in [0.05, 0.1) is 19.3 Å². The lowest BCUT2D eigenvalue weighted by atomic mass is 9.72. The Balaban J connectivity index is 1.78. The molecular weight excluding hydrogens is 378 g/mol. The van der Waals surface area contributed by atoms with Crippen molar-refractivity contribution in [2.24, 2.45) is 5.41 Å². The van der Waals surface area contributed by atoms with Crippen molar-refractivity contribution in [1.29, 1.82) is 0 Å². The first kappa shape index (κ1) is 21.8. The number of methoxy groups -OCH3 is 1. The summed E-state index contributed by atoms with van der Waals surface area (Å²) in [5.74, 6) is -0.866. The Kier molecular flexibility index (Phi) is 6.73. The molecule has 0 unspecified atom stereocenters. The highest BCUT2D eigenvalue weighted by Crippen LogP contribution is 2.39. The van der Waals surface area contributed by atoms with E-state index in [9.17, 15) is 9.59 Å². The normalized spacial score (nSPS) is 23.8. The molecule has 1 fully saturated rings. The van der Waals surface area contributed by atoms with Crippen LogP contribution in [0.4, 0.5) is 11.4 Å². The van der Waals surface area contributed by atoms with Gasteiger partial charge in [-0.05, 0) is 51.0 Å². The molecule has 5 nitrogen and oxygen atoms in total. The van der Waals surface area contributed by atoms with Crippen molar-refractivity contribution in [3.05, 3.63) is 72.8 Å². The number of benzene rings is 2. The topological polar surface area (TPSA) is 55.8 Å². The van der Waals surface area contributed by atoms with Gasteiger partial charge in [0.15, 0.2) is 11.2 Å². The number of ketones is 1. The highest BCUT2D eigenvalue weighted by Gasteiger charge is 2.54. The first-order valence-electron chi connectivity index (χ1n) is 10.2. The van der Waals surface area contributed by atoms with Crippen molar-refractivity contribution in [2.75, 3.05) is 18.6 Å². The minimum absolute atomic E-state index is 0.291. The summed E-state index contributed by atoms with van der Waals surface area (Å²) in [6, 6.07) is 20.3. The van der Waals surface area contributed by atoms with Crippen LogP contribution in [0.3, 0.4) is 0 Å². The van der Waals surface area contributed by atoms with Crippen LogP contribution in [0, 0.1) is 5.41 Å². The van der Waals surface area contributed by atoms with E-state index in [2.05, 4.69) is 35.7 Å². The molecule has 1 aliphatic rings. The van der Waals surface area contributed by atoms with Crippen LogP contribution >= 0.6 is 0 Å². The third-order valence-electron chi connectivity index (χ3n) is 5.86. The van der Waals surface area contributed by atoms with Gasteiger partial charge >= 0.3 is 5.97 Å². The van der Waals surface area contributed by atoms with Gasteiger partial charge < -0.3 is 14.4 Å². The Bertz CT molecular complexity index is 856. The Morgan fingerprint density at radius 3 is 2.13 bits per heavy atom. The molecule has 0 bridgehead atoms. The molecule has 0 saturated carbocycles. The Morgan fingerprint density at radius 2 is 1.63 bits per heavy atom. The second-order valence-corrected chi connectivity index (χ2v) is 7.78. The van der Waals surface area contributed by atoms with Crippen molar-refractivity contribution >= 4 is 23.1 Å².